The summed E-state index contributed by atoms with van der Waals surface area (Å²) in [5.74, 6) is 1.81. The van der Waals surface area contributed by atoms with Crippen LogP contribution in [-0.4, -0.2) is 67.8 Å². The van der Waals surface area contributed by atoms with Gasteiger partial charge in [0, 0.05) is 19.6 Å². The number of ether oxygens (including phenoxy) is 3. The first-order chi connectivity index (χ1) is 12.2. The van der Waals surface area contributed by atoms with Crippen molar-refractivity contribution in [2.75, 3.05) is 46.0 Å². The topological polar surface area (TPSA) is 51.2 Å². The molecule has 1 amide bonds. The molecular formula is C19H26N2O4. The van der Waals surface area contributed by atoms with E-state index in [4.69, 9.17) is 14.2 Å². The van der Waals surface area contributed by atoms with Gasteiger partial charge in [0.1, 0.15) is 13.2 Å². The lowest BCUT2D eigenvalue weighted by Crippen LogP contribution is -2.47. The molecule has 3 aliphatic heterocycles. The number of likely N-dealkylation sites (tertiary alicyclic amines) is 1. The monoisotopic (exact) mass is 346 g/mol. The second-order valence-electron chi connectivity index (χ2n) is 7.06. The summed E-state index contributed by atoms with van der Waals surface area (Å²) in [6, 6.07) is 6.22. The number of benzene rings is 1. The molecule has 3 heterocycles. The summed E-state index contributed by atoms with van der Waals surface area (Å²) in [4.78, 5) is 17.1. The fourth-order valence-corrected chi connectivity index (χ4v) is 4.00. The number of rotatable bonds is 3. The number of carbonyl (C=O) groups excluding carboxylic acids is 1. The molecule has 0 radical (unpaired) electrons. The molecule has 6 heteroatoms. The van der Waals surface area contributed by atoms with Gasteiger partial charge in [-0.2, -0.15) is 0 Å². The van der Waals surface area contributed by atoms with Crippen LogP contribution in [0.2, 0.25) is 0 Å². The van der Waals surface area contributed by atoms with E-state index in [1.165, 1.54) is 0 Å². The first-order valence-electron chi connectivity index (χ1n) is 9.23. The fraction of sp³-hybridized carbons (Fsp3) is 0.632. The minimum absolute atomic E-state index is 0.141. The average molecular weight is 346 g/mol. The second-order valence-corrected chi connectivity index (χ2v) is 7.06. The molecule has 6 nitrogen and oxygen atoms in total. The van der Waals surface area contributed by atoms with E-state index in [1.807, 2.05) is 17.0 Å². The van der Waals surface area contributed by atoms with Crippen LogP contribution in [0.25, 0.3) is 0 Å². The van der Waals surface area contributed by atoms with Gasteiger partial charge in [-0.1, -0.05) is 6.07 Å². The molecule has 0 N–H and O–H groups in total. The van der Waals surface area contributed by atoms with Gasteiger partial charge in [0.15, 0.2) is 11.5 Å². The zero-order valence-electron chi connectivity index (χ0n) is 14.8. The predicted octanol–water partition coefficient (Wildman–Crippen LogP) is 1.84. The lowest BCUT2D eigenvalue weighted by molar-refractivity contribution is -0.135. The van der Waals surface area contributed by atoms with Gasteiger partial charge in [-0.25, -0.2) is 0 Å². The van der Waals surface area contributed by atoms with Gasteiger partial charge < -0.3 is 19.1 Å². The van der Waals surface area contributed by atoms with Crippen LogP contribution >= 0.6 is 0 Å². The van der Waals surface area contributed by atoms with Crippen LogP contribution in [0.15, 0.2) is 18.2 Å². The highest BCUT2D eigenvalue weighted by molar-refractivity contribution is 5.79. The minimum Gasteiger partial charge on any atom is -0.486 e. The Bertz CT molecular complexity index is 636. The van der Waals surface area contributed by atoms with E-state index in [-0.39, 0.29) is 18.1 Å². The number of hydrogen-bond donors (Lipinski definition) is 0. The third kappa shape index (κ3) is 3.60. The maximum absolute atomic E-state index is 12.9. The SMILES string of the molecule is C[C@@H]1CN(CC(=O)N2CCC[C@@H]2c2ccc3c(c2)OCCO3)CCO1. The predicted molar refractivity (Wildman–Crippen MR) is 93.0 cm³/mol. The molecule has 2 fully saturated rings. The molecule has 1 aromatic carbocycles. The van der Waals surface area contributed by atoms with Crippen molar-refractivity contribution in [2.45, 2.75) is 31.9 Å². The number of hydrogen-bond acceptors (Lipinski definition) is 5. The van der Waals surface area contributed by atoms with E-state index in [0.29, 0.717) is 26.4 Å². The van der Waals surface area contributed by atoms with Gasteiger partial charge >= 0.3 is 0 Å². The Kier molecular flexibility index (Phi) is 4.81. The zero-order chi connectivity index (χ0) is 17.2. The van der Waals surface area contributed by atoms with Crippen LogP contribution in [0.5, 0.6) is 11.5 Å². The molecular weight excluding hydrogens is 320 g/mol. The molecule has 2 atom stereocenters. The van der Waals surface area contributed by atoms with Crippen molar-refractivity contribution in [3.05, 3.63) is 23.8 Å². The lowest BCUT2D eigenvalue weighted by Gasteiger charge is -2.33. The Hall–Kier alpha value is -1.79. The molecule has 2 saturated heterocycles. The standard InChI is InChI=1S/C19H26N2O4/c1-14-12-20(7-8-23-14)13-19(22)21-6-2-3-16(21)15-4-5-17-18(11-15)25-10-9-24-17/h4-5,11,14,16H,2-3,6-10,12-13H2,1H3/t14-,16-/m1/s1. The summed E-state index contributed by atoms with van der Waals surface area (Å²) in [6.45, 7) is 6.92. The first-order valence-corrected chi connectivity index (χ1v) is 9.23. The van der Waals surface area contributed by atoms with Crippen LogP contribution in [0.1, 0.15) is 31.4 Å². The van der Waals surface area contributed by atoms with E-state index in [2.05, 4.69) is 17.9 Å². The van der Waals surface area contributed by atoms with Gasteiger partial charge in [0.05, 0.1) is 25.3 Å². The molecule has 0 unspecified atom stereocenters. The molecule has 0 bridgehead atoms. The van der Waals surface area contributed by atoms with Crippen molar-refractivity contribution < 1.29 is 19.0 Å². The third-order valence-electron chi connectivity index (χ3n) is 5.21. The van der Waals surface area contributed by atoms with Crippen molar-refractivity contribution >= 4 is 5.91 Å². The van der Waals surface area contributed by atoms with Crippen LogP contribution in [0.3, 0.4) is 0 Å². The van der Waals surface area contributed by atoms with E-state index in [0.717, 1.165) is 49.5 Å². The maximum atomic E-state index is 12.9. The van der Waals surface area contributed by atoms with Gasteiger partial charge in [-0.15, -0.1) is 0 Å². The normalized spacial score (nSPS) is 26.7. The Labute approximate surface area is 148 Å². The van der Waals surface area contributed by atoms with E-state index in [9.17, 15) is 4.79 Å². The Morgan fingerprint density at radius 3 is 2.84 bits per heavy atom. The van der Waals surface area contributed by atoms with E-state index in [1.54, 1.807) is 0 Å². The van der Waals surface area contributed by atoms with Crippen molar-refractivity contribution in [2.24, 2.45) is 0 Å². The Balaban J connectivity index is 1.45. The van der Waals surface area contributed by atoms with E-state index >= 15 is 0 Å². The van der Waals surface area contributed by atoms with Crippen molar-refractivity contribution in [1.82, 2.24) is 9.80 Å². The van der Waals surface area contributed by atoms with Crippen molar-refractivity contribution in [3.8, 4) is 11.5 Å². The summed E-state index contributed by atoms with van der Waals surface area (Å²) in [5, 5.41) is 0. The Morgan fingerprint density at radius 1 is 1.16 bits per heavy atom. The number of fused-ring (bicyclic) bond motifs is 1. The summed E-state index contributed by atoms with van der Waals surface area (Å²) in [6.07, 6.45) is 2.25. The molecule has 0 spiro atoms. The fourth-order valence-electron chi connectivity index (χ4n) is 4.00. The quantitative estimate of drug-likeness (QED) is 0.836. The van der Waals surface area contributed by atoms with Crippen molar-refractivity contribution in [3.63, 3.8) is 0 Å². The molecule has 0 saturated carbocycles. The molecule has 25 heavy (non-hydrogen) atoms. The zero-order valence-corrected chi connectivity index (χ0v) is 14.8. The minimum atomic E-state index is 0.141. The van der Waals surface area contributed by atoms with Gasteiger partial charge in [0.2, 0.25) is 5.91 Å². The summed E-state index contributed by atoms with van der Waals surface area (Å²) >= 11 is 0. The highest BCUT2D eigenvalue weighted by Gasteiger charge is 2.32. The van der Waals surface area contributed by atoms with E-state index < -0.39 is 0 Å². The van der Waals surface area contributed by atoms with Crippen LogP contribution in [0, 0.1) is 0 Å². The smallest absolute Gasteiger partial charge is 0.237 e. The molecule has 136 valence electrons. The van der Waals surface area contributed by atoms with Gasteiger partial charge in [0.25, 0.3) is 0 Å². The third-order valence-corrected chi connectivity index (χ3v) is 5.21. The lowest BCUT2D eigenvalue weighted by atomic mass is 10.0. The molecule has 4 rings (SSSR count). The summed E-state index contributed by atoms with van der Waals surface area (Å²) in [7, 11) is 0. The highest BCUT2D eigenvalue weighted by atomic mass is 16.6. The highest BCUT2D eigenvalue weighted by Crippen LogP contribution is 2.38. The molecule has 3 aliphatic rings. The Morgan fingerprint density at radius 2 is 2.00 bits per heavy atom. The second kappa shape index (κ2) is 7.22. The molecule has 0 aliphatic carbocycles. The number of carbonyl (C=O) groups is 1. The maximum Gasteiger partial charge on any atom is 0.237 e. The molecule has 1 aromatic rings. The van der Waals surface area contributed by atoms with Crippen molar-refractivity contribution in [1.29, 1.82) is 0 Å². The largest absolute Gasteiger partial charge is 0.486 e. The van der Waals surface area contributed by atoms with Crippen LogP contribution in [0.4, 0.5) is 0 Å². The summed E-state index contributed by atoms with van der Waals surface area (Å²) in [5.41, 5.74) is 1.14. The number of morpholine rings is 1. The van der Waals surface area contributed by atoms with Gasteiger partial charge in [-0.3, -0.25) is 9.69 Å². The number of nitrogens with zero attached hydrogens (tertiary/aromatic N) is 2. The first kappa shape index (κ1) is 16.7. The van der Waals surface area contributed by atoms with Gasteiger partial charge in [-0.05, 0) is 37.5 Å². The van der Waals surface area contributed by atoms with Crippen LogP contribution in [-0.2, 0) is 9.53 Å². The molecule has 0 aromatic heterocycles. The van der Waals surface area contributed by atoms with Crippen LogP contribution < -0.4 is 9.47 Å². The number of amides is 1. The summed E-state index contributed by atoms with van der Waals surface area (Å²) < 4.78 is 16.9. The average Bonchev–Trinajstić information content (AvgIpc) is 3.11.